The first-order chi connectivity index (χ1) is 12.9. The molecule has 144 valence electrons. The van der Waals surface area contributed by atoms with Crippen molar-refractivity contribution in [3.8, 4) is 0 Å². The Morgan fingerprint density at radius 3 is 2.81 bits per heavy atom. The molecule has 1 aliphatic rings. The number of hydrogen-bond donors (Lipinski definition) is 1. The van der Waals surface area contributed by atoms with Crippen molar-refractivity contribution in [2.24, 2.45) is 0 Å². The van der Waals surface area contributed by atoms with Crippen LogP contribution in [0.2, 0.25) is 5.02 Å². The van der Waals surface area contributed by atoms with Gasteiger partial charge in [0.05, 0.1) is 11.5 Å². The second-order valence-corrected chi connectivity index (χ2v) is 8.46. The highest BCUT2D eigenvalue weighted by atomic mass is 35.5. The Hall–Kier alpha value is -1.93. The van der Waals surface area contributed by atoms with E-state index in [1.165, 1.54) is 13.2 Å². The molecule has 0 saturated carbocycles. The number of fused-ring (bicyclic) bond motifs is 1. The van der Waals surface area contributed by atoms with E-state index < -0.39 is 10.0 Å². The summed E-state index contributed by atoms with van der Waals surface area (Å²) in [5.41, 5.74) is 2.08. The molecule has 0 radical (unpaired) electrons. The number of nitrogens with zero attached hydrogens (tertiary/aromatic N) is 1. The van der Waals surface area contributed by atoms with Gasteiger partial charge in [0.1, 0.15) is 0 Å². The molecule has 6 nitrogen and oxygen atoms in total. The van der Waals surface area contributed by atoms with Gasteiger partial charge >= 0.3 is 0 Å². The fourth-order valence-electron chi connectivity index (χ4n) is 3.09. The monoisotopic (exact) mass is 408 g/mol. The third kappa shape index (κ3) is 4.50. The Kier molecular flexibility index (Phi) is 6.16. The zero-order valence-electron chi connectivity index (χ0n) is 14.9. The van der Waals surface area contributed by atoms with Crippen LogP contribution in [0.15, 0.2) is 47.4 Å². The van der Waals surface area contributed by atoms with E-state index in [1.54, 1.807) is 41.3 Å². The zero-order chi connectivity index (χ0) is 19.4. The van der Waals surface area contributed by atoms with Gasteiger partial charge in [-0.15, -0.1) is 0 Å². The molecule has 2 aromatic carbocycles. The minimum atomic E-state index is -3.61. The van der Waals surface area contributed by atoms with Crippen molar-refractivity contribution in [2.75, 3.05) is 31.7 Å². The van der Waals surface area contributed by atoms with Crippen molar-refractivity contribution in [3.63, 3.8) is 0 Å². The van der Waals surface area contributed by atoms with Crippen molar-refractivity contribution in [1.82, 2.24) is 4.72 Å². The molecule has 0 unspecified atom stereocenters. The van der Waals surface area contributed by atoms with E-state index in [9.17, 15) is 13.2 Å². The van der Waals surface area contributed by atoms with E-state index in [-0.39, 0.29) is 17.3 Å². The number of nitrogens with one attached hydrogen (secondary N) is 1. The lowest BCUT2D eigenvalue weighted by Crippen LogP contribution is -2.35. The number of ether oxygens (including phenoxy) is 1. The molecule has 0 bridgehead atoms. The van der Waals surface area contributed by atoms with Crippen LogP contribution in [0.3, 0.4) is 0 Å². The lowest BCUT2D eigenvalue weighted by molar-refractivity contribution is 0.0985. The maximum atomic E-state index is 12.9. The maximum absolute atomic E-state index is 12.9. The first-order valence-corrected chi connectivity index (χ1v) is 10.5. The number of carbonyl (C=O) groups is 1. The second kappa shape index (κ2) is 8.39. The average Bonchev–Trinajstić information content (AvgIpc) is 2.66. The van der Waals surface area contributed by atoms with E-state index in [4.69, 9.17) is 16.3 Å². The number of carbonyl (C=O) groups excluding carboxylic acids is 1. The molecule has 1 amide bonds. The Balaban J connectivity index is 1.88. The number of sulfonamides is 1. The predicted molar refractivity (Wildman–Crippen MR) is 105 cm³/mol. The SMILES string of the molecule is COCCNS(=O)(=O)c1ccc2c(c1)CCCN2C(=O)c1cccc(Cl)c1. The van der Waals surface area contributed by atoms with Crippen LogP contribution < -0.4 is 9.62 Å². The van der Waals surface area contributed by atoms with Gasteiger partial charge in [-0.1, -0.05) is 17.7 Å². The molecule has 1 aliphatic heterocycles. The Morgan fingerprint density at radius 2 is 2.07 bits per heavy atom. The first-order valence-electron chi connectivity index (χ1n) is 8.61. The quantitative estimate of drug-likeness (QED) is 0.746. The van der Waals surface area contributed by atoms with Gasteiger partial charge in [-0.2, -0.15) is 0 Å². The van der Waals surface area contributed by atoms with Crippen LogP contribution in [0.4, 0.5) is 5.69 Å². The molecule has 1 heterocycles. The van der Waals surface area contributed by atoms with Gasteiger partial charge in [0, 0.05) is 36.5 Å². The lowest BCUT2D eigenvalue weighted by Gasteiger charge is -2.30. The van der Waals surface area contributed by atoms with Crippen LogP contribution in [0.5, 0.6) is 0 Å². The van der Waals surface area contributed by atoms with Gasteiger partial charge in [0.15, 0.2) is 0 Å². The number of methoxy groups -OCH3 is 1. The molecular weight excluding hydrogens is 388 g/mol. The van der Waals surface area contributed by atoms with E-state index in [0.29, 0.717) is 23.7 Å². The van der Waals surface area contributed by atoms with Gasteiger partial charge in [-0.3, -0.25) is 4.79 Å². The molecule has 0 saturated heterocycles. The molecule has 0 fully saturated rings. The molecule has 1 N–H and O–H groups in total. The van der Waals surface area contributed by atoms with Crippen LogP contribution in [-0.4, -0.2) is 41.1 Å². The van der Waals surface area contributed by atoms with Gasteiger partial charge in [-0.05, 0) is 54.8 Å². The smallest absolute Gasteiger partial charge is 0.258 e. The fraction of sp³-hybridized carbons (Fsp3) is 0.316. The van der Waals surface area contributed by atoms with E-state index in [2.05, 4.69) is 4.72 Å². The van der Waals surface area contributed by atoms with E-state index in [0.717, 1.165) is 24.1 Å². The van der Waals surface area contributed by atoms with Crippen molar-refractivity contribution < 1.29 is 17.9 Å². The Morgan fingerprint density at radius 1 is 1.26 bits per heavy atom. The third-order valence-electron chi connectivity index (χ3n) is 4.39. The molecule has 27 heavy (non-hydrogen) atoms. The second-order valence-electron chi connectivity index (χ2n) is 6.25. The minimum absolute atomic E-state index is 0.146. The summed E-state index contributed by atoms with van der Waals surface area (Å²) < 4.78 is 32.2. The van der Waals surface area contributed by atoms with Crippen LogP contribution >= 0.6 is 11.6 Å². The normalized spacial score (nSPS) is 14.1. The highest BCUT2D eigenvalue weighted by Crippen LogP contribution is 2.31. The molecule has 0 atom stereocenters. The largest absolute Gasteiger partial charge is 0.383 e. The molecule has 3 rings (SSSR count). The maximum Gasteiger partial charge on any atom is 0.258 e. The van der Waals surface area contributed by atoms with Crippen LogP contribution in [0.1, 0.15) is 22.3 Å². The molecule has 0 spiro atoms. The first kappa shape index (κ1) is 19.8. The third-order valence-corrected chi connectivity index (χ3v) is 6.09. The highest BCUT2D eigenvalue weighted by molar-refractivity contribution is 7.89. The number of amides is 1. The van der Waals surface area contributed by atoms with Crippen LogP contribution in [-0.2, 0) is 21.2 Å². The summed E-state index contributed by atoms with van der Waals surface area (Å²) in [4.78, 5) is 14.8. The number of rotatable bonds is 6. The van der Waals surface area contributed by atoms with Gasteiger partial charge in [0.2, 0.25) is 10.0 Å². The van der Waals surface area contributed by atoms with Crippen molar-refractivity contribution in [1.29, 1.82) is 0 Å². The van der Waals surface area contributed by atoms with Gasteiger partial charge in [0.25, 0.3) is 5.91 Å². The predicted octanol–water partition coefficient (Wildman–Crippen LogP) is 2.86. The summed E-state index contributed by atoms with van der Waals surface area (Å²) in [6.07, 6.45) is 1.48. The van der Waals surface area contributed by atoms with Crippen molar-refractivity contribution in [3.05, 3.63) is 58.6 Å². The molecule has 2 aromatic rings. The fourth-order valence-corrected chi connectivity index (χ4v) is 4.34. The van der Waals surface area contributed by atoms with E-state index in [1.807, 2.05) is 0 Å². The molecule has 0 aliphatic carbocycles. The van der Waals surface area contributed by atoms with E-state index >= 15 is 0 Å². The molecule has 0 aromatic heterocycles. The molecule has 8 heteroatoms. The van der Waals surface area contributed by atoms with Crippen LogP contribution in [0, 0.1) is 0 Å². The van der Waals surface area contributed by atoms with Gasteiger partial charge in [-0.25, -0.2) is 13.1 Å². The zero-order valence-corrected chi connectivity index (χ0v) is 16.5. The van der Waals surface area contributed by atoms with Gasteiger partial charge < -0.3 is 9.64 Å². The highest BCUT2D eigenvalue weighted by Gasteiger charge is 2.25. The number of halogens is 1. The number of aryl methyl sites for hydroxylation is 1. The average molecular weight is 409 g/mol. The topological polar surface area (TPSA) is 75.7 Å². The van der Waals surface area contributed by atoms with Crippen LogP contribution in [0.25, 0.3) is 0 Å². The summed E-state index contributed by atoms with van der Waals surface area (Å²) >= 11 is 6.00. The number of hydrogen-bond acceptors (Lipinski definition) is 4. The summed E-state index contributed by atoms with van der Waals surface area (Å²) in [6, 6.07) is 11.7. The minimum Gasteiger partial charge on any atom is -0.383 e. The summed E-state index contributed by atoms with van der Waals surface area (Å²) in [5.74, 6) is -0.146. The van der Waals surface area contributed by atoms with Crippen molar-refractivity contribution >= 4 is 33.2 Å². The summed E-state index contributed by atoms with van der Waals surface area (Å²) in [7, 11) is -2.10. The Bertz CT molecular complexity index is 946. The lowest BCUT2D eigenvalue weighted by atomic mass is 10.0. The Labute approximate surface area is 164 Å². The number of anilines is 1. The number of benzene rings is 2. The summed E-state index contributed by atoms with van der Waals surface area (Å²) in [6.45, 7) is 1.08. The standard InChI is InChI=1S/C19H21ClN2O4S/c1-26-11-9-21-27(24,25)17-7-8-18-14(13-17)5-3-10-22(18)19(23)15-4-2-6-16(20)12-15/h2,4,6-8,12-13,21H,3,5,9-11H2,1H3. The van der Waals surface area contributed by atoms with Crippen molar-refractivity contribution in [2.45, 2.75) is 17.7 Å². The summed E-state index contributed by atoms with van der Waals surface area (Å²) in [5, 5.41) is 0.502. The molecular formula is C19H21ClN2O4S.